The van der Waals surface area contributed by atoms with Crippen LogP contribution in [0.2, 0.25) is 0 Å². The van der Waals surface area contributed by atoms with Crippen LogP contribution in [0.25, 0.3) is 0 Å². The highest BCUT2D eigenvalue weighted by Crippen LogP contribution is 2.55. The van der Waals surface area contributed by atoms with Crippen LogP contribution in [-0.2, 0) is 9.53 Å². The molecule has 4 atom stereocenters. The van der Waals surface area contributed by atoms with Gasteiger partial charge in [0.25, 0.3) is 11.6 Å². The number of hydrogen-bond donors (Lipinski definition) is 1. The van der Waals surface area contributed by atoms with Crippen molar-refractivity contribution < 1.29 is 42.9 Å². The Hall–Kier alpha value is -5.00. The summed E-state index contributed by atoms with van der Waals surface area (Å²) in [5.41, 5.74) is 2.33. The van der Waals surface area contributed by atoms with Gasteiger partial charge in [0.2, 0.25) is 12.5 Å². The van der Waals surface area contributed by atoms with Crippen LogP contribution < -0.4 is 29.0 Å². The molecule has 12 heteroatoms. The summed E-state index contributed by atoms with van der Waals surface area (Å²) < 4.78 is 33.6. The predicted octanol–water partition coefficient (Wildman–Crippen LogP) is 3.76. The average molecular weight is 563 g/mol. The molecule has 212 valence electrons. The van der Waals surface area contributed by atoms with E-state index >= 15 is 0 Å². The second-order valence-corrected chi connectivity index (χ2v) is 9.85. The number of non-ortho nitro benzene ring substituents is 1. The number of nitrogens with zero attached hydrogens (tertiary/aromatic N) is 1. The van der Waals surface area contributed by atoms with E-state index in [1.54, 1.807) is 12.1 Å². The fourth-order valence-electron chi connectivity index (χ4n) is 5.99. The molecular weight excluding hydrogens is 536 g/mol. The molecule has 0 unspecified atom stereocenters. The van der Waals surface area contributed by atoms with Crippen molar-refractivity contribution in [1.82, 2.24) is 5.32 Å². The monoisotopic (exact) mass is 562 g/mol. The van der Waals surface area contributed by atoms with Gasteiger partial charge in [0.05, 0.1) is 44.8 Å². The molecule has 1 saturated heterocycles. The minimum Gasteiger partial charge on any atom is -0.493 e. The highest BCUT2D eigenvalue weighted by atomic mass is 16.7. The Morgan fingerprint density at radius 3 is 2.15 bits per heavy atom. The van der Waals surface area contributed by atoms with E-state index in [0.717, 1.165) is 16.7 Å². The third kappa shape index (κ3) is 4.31. The Kier molecular flexibility index (Phi) is 6.52. The van der Waals surface area contributed by atoms with Gasteiger partial charge < -0.3 is 33.7 Å². The van der Waals surface area contributed by atoms with Crippen molar-refractivity contribution in [3.8, 4) is 28.7 Å². The Labute approximate surface area is 234 Å². The van der Waals surface area contributed by atoms with Crippen molar-refractivity contribution in [2.45, 2.75) is 12.0 Å². The molecule has 12 nitrogen and oxygen atoms in total. The lowest BCUT2D eigenvalue weighted by atomic mass is 9.65. The third-order valence-corrected chi connectivity index (χ3v) is 7.86. The standard InChI is InChI=1S/C29H26N2O10/c1-36-22-8-15(9-23(37-2)27(22)38-3)24-17-10-20-21(41-13-40-20)11-18(17)26(19-12-39-29(33)25(19)24)30-28(32)14-4-6-16(7-5-14)31(34)35/h4-11,19,24-26H,12-13H2,1-3H3,(H,30,32)/t19-,24+,25-,26+/m0/s1. The second-order valence-electron chi connectivity index (χ2n) is 9.85. The topological polar surface area (TPSA) is 145 Å². The molecule has 0 bridgehead atoms. The molecule has 3 aliphatic rings. The van der Waals surface area contributed by atoms with E-state index in [0.29, 0.717) is 28.7 Å². The predicted molar refractivity (Wildman–Crippen MR) is 142 cm³/mol. The lowest BCUT2D eigenvalue weighted by Gasteiger charge is -2.39. The van der Waals surface area contributed by atoms with Gasteiger partial charge in [-0.05, 0) is 53.1 Å². The van der Waals surface area contributed by atoms with E-state index in [4.69, 9.17) is 28.4 Å². The SMILES string of the molecule is COc1cc([C@@H]2c3cc4c(cc3[C@@H](NC(=O)c3ccc([N+](=O)[O-])cc3)[C@H]3COC(=O)[C@H]23)OCO4)cc(OC)c1OC. The van der Waals surface area contributed by atoms with E-state index in [-0.39, 0.29) is 24.7 Å². The number of fused-ring (bicyclic) bond motifs is 3. The minimum absolute atomic E-state index is 0.0434. The second kappa shape index (κ2) is 10.2. The number of methoxy groups -OCH3 is 3. The molecule has 1 fully saturated rings. The van der Waals surface area contributed by atoms with Crippen molar-refractivity contribution in [1.29, 1.82) is 0 Å². The number of ether oxygens (including phenoxy) is 6. The Morgan fingerprint density at radius 2 is 1.56 bits per heavy atom. The van der Waals surface area contributed by atoms with Gasteiger partial charge in [-0.1, -0.05) is 0 Å². The number of nitro groups is 1. The summed E-state index contributed by atoms with van der Waals surface area (Å²) in [4.78, 5) is 37.2. The first-order valence-corrected chi connectivity index (χ1v) is 12.8. The molecule has 6 rings (SSSR count). The number of hydrogen-bond acceptors (Lipinski definition) is 10. The fourth-order valence-corrected chi connectivity index (χ4v) is 5.99. The molecule has 41 heavy (non-hydrogen) atoms. The smallest absolute Gasteiger partial charge is 0.310 e. The zero-order chi connectivity index (χ0) is 28.8. The molecule has 2 aliphatic heterocycles. The molecule has 0 spiro atoms. The van der Waals surface area contributed by atoms with Crippen LogP contribution in [0.3, 0.4) is 0 Å². The molecule has 2 heterocycles. The Morgan fingerprint density at radius 1 is 0.927 bits per heavy atom. The van der Waals surface area contributed by atoms with Crippen LogP contribution in [0.1, 0.15) is 39.0 Å². The maximum Gasteiger partial charge on any atom is 0.310 e. The number of carbonyl (C=O) groups is 2. The summed E-state index contributed by atoms with van der Waals surface area (Å²) in [5.74, 6) is -0.114. The largest absolute Gasteiger partial charge is 0.493 e. The highest BCUT2D eigenvalue weighted by Gasteiger charge is 2.53. The molecule has 3 aromatic rings. The molecule has 0 radical (unpaired) electrons. The van der Waals surface area contributed by atoms with Crippen LogP contribution in [0, 0.1) is 22.0 Å². The van der Waals surface area contributed by atoms with E-state index < -0.39 is 40.6 Å². The maximum atomic E-state index is 13.4. The molecule has 1 N–H and O–H groups in total. The van der Waals surface area contributed by atoms with Gasteiger partial charge >= 0.3 is 5.97 Å². The van der Waals surface area contributed by atoms with Crippen LogP contribution in [0.4, 0.5) is 5.69 Å². The van der Waals surface area contributed by atoms with E-state index in [1.807, 2.05) is 12.1 Å². The van der Waals surface area contributed by atoms with Gasteiger partial charge in [0, 0.05) is 29.5 Å². The number of nitro benzene ring substituents is 1. The summed E-state index contributed by atoms with van der Waals surface area (Å²) in [6.45, 7) is 0.130. The number of nitrogens with one attached hydrogen (secondary N) is 1. The van der Waals surface area contributed by atoms with E-state index in [1.165, 1.54) is 45.6 Å². The number of cyclic esters (lactones) is 1. The van der Waals surface area contributed by atoms with Crippen molar-refractivity contribution >= 4 is 17.6 Å². The summed E-state index contributed by atoms with van der Waals surface area (Å²) in [7, 11) is 4.55. The van der Waals surface area contributed by atoms with Crippen LogP contribution in [-0.4, -0.2) is 51.5 Å². The normalized spacial score (nSPS) is 21.8. The Bertz CT molecular complexity index is 1530. The summed E-state index contributed by atoms with van der Waals surface area (Å²) in [5, 5.41) is 14.1. The Balaban J connectivity index is 1.48. The lowest BCUT2D eigenvalue weighted by molar-refractivity contribution is -0.384. The first-order valence-electron chi connectivity index (χ1n) is 12.8. The lowest BCUT2D eigenvalue weighted by Crippen LogP contribution is -2.42. The molecule has 0 saturated carbocycles. The quantitative estimate of drug-likeness (QED) is 0.257. The average Bonchev–Trinajstić information content (AvgIpc) is 3.61. The number of esters is 1. The van der Waals surface area contributed by atoms with Crippen molar-refractivity contribution in [2.24, 2.45) is 11.8 Å². The third-order valence-electron chi connectivity index (χ3n) is 7.86. The van der Waals surface area contributed by atoms with Crippen LogP contribution in [0.15, 0.2) is 48.5 Å². The zero-order valence-corrected chi connectivity index (χ0v) is 22.4. The molecule has 1 aliphatic carbocycles. The zero-order valence-electron chi connectivity index (χ0n) is 22.4. The highest BCUT2D eigenvalue weighted by molar-refractivity contribution is 5.95. The van der Waals surface area contributed by atoms with Gasteiger partial charge in [0.1, 0.15) is 0 Å². The number of carbonyl (C=O) groups excluding carboxylic acids is 2. The van der Waals surface area contributed by atoms with Gasteiger partial charge in [-0.25, -0.2) is 0 Å². The summed E-state index contributed by atoms with van der Waals surface area (Å²) in [6, 6.07) is 12.0. The van der Waals surface area contributed by atoms with Crippen molar-refractivity contribution in [2.75, 3.05) is 34.7 Å². The number of amides is 1. The maximum absolute atomic E-state index is 13.4. The fraction of sp³-hybridized carbons (Fsp3) is 0.310. The first-order chi connectivity index (χ1) is 19.8. The molecular formula is C29H26N2O10. The first kappa shape index (κ1) is 26.2. The van der Waals surface area contributed by atoms with E-state index in [2.05, 4.69) is 5.32 Å². The number of benzene rings is 3. The minimum atomic E-state index is -0.659. The van der Waals surface area contributed by atoms with Crippen LogP contribution in [0.5, 0.6) is 28.7 Å². The van der Waals surface area contributed by atoms with Crippen molar-refractivity contribution in [3.63, 3.8) is 0 Å². The van der Waals surface area contributed by atoms with Crippen LogP contribution >= 0.6 is 0 Å². The van der Waals surface area contributed by atoms with Gasteiger partial charge in [-0.15, -0.1) is 0 Å². The van der Waals surface area contributed by atoms with Crippen molar-refractivity contribution in [3.05, 3.63) is 80.9 Å². The number of rotatable bonds is 7. The molecule has 3 aromatic carbocycles. The van der Waals surface area contributed by atoms with Gasteiger partial charge in [-0.2, -0.15) is 0 Å². The van der Waals surface area contributed by atoms with Gasteiger partial charge in [0.15, 0.2) is 23.0 Å². The molecule has 1 amide bonds. The summed E-state index contributed by atoms with van der Waals surface area (Å²) in [6.07, 6.45) is 0. The molecule has 0 aromatic heterocycles. The van der Waals surface area contributed by atoms with Gasteiger partial charge in [-0.3, -0.25) is 19.7 Å². The summed E-state index contributed by atoms with van der Waals surface area (Å²) >= 11 is 0. The van der Waals surface area contributed by atoms with E-state index in [9.17, 15) is 19.7 Å².